The van der Waals surface area contributed by atoms with Gasteiger partial charge in [0.15, 0.2) is 6.23 Å². The third kappa shape index (κ3) is 0.885. The molecule has 74 valence electrons. The zero-order chi connectivity index (χ0) is 9.76. The molecule has 2 aliphatic heterocycles. The molecule has 2 aliphatic rings. The number of hydrogen-bond donors (Lipinski definition) is 2. The zero-order valence-corrected chi connectivity index (χ0v) is 8.03. The summed E-state index contributed by atoms with van der Waals surface area (Å²) in [5, 5.41) is 13.7. The Morgan fingerprint density at radius 1 is 1.50 bits per heavy atom. The first-order chi connectivity index (χ1) is 6.70. The maximum absolute atomic E-state index is 10.5. The van der Waals surface area contributed by atoms with Gasteiger partial charge in [0.1, 0.15) is 5.60 Å². The molecule has 1 aromatic carbocycles. The number of hydrogen-bond acceptors (Lipinski definition) is 3. The first kappa shape index (κ1) is 8.26. The lowest BCUT2D eigenvalue weighted by Gasteiger charge is -2.20. The Morgan fingerprint density at radius 3 is 3.14 bits per heavy atom. The van der Waals surface area contributed by atoms with Crippen LogP contribution in [0.4, 0.5) is 5.69 Å². The number of anilines is 1. The molecule has 0 spiro atoms. The minimum absolute atomic E-state index is 0.117. The molecule has 3 rings (SSSR count). The van der Waals surface area contributed by atoms with Gasteiger partial charge in [-0.2, -0.15) is 0 Å². The van der Waals surface area contributed by atoms with Crippen molar-refractivity contribution in [2.45, 2.75) is 31.3 Å². The van der Waals surface area contributed by atoms with E-state index in [-0.39, 0.29) is 12.3 Å². The van der Waals surface area contributed by atoms with E-state index in [0.717, 1.165) is 11.3 Å². The van der Waals surface area contributed by atoms with Crippen LogP contribution in [0.15, 0.2) is 24.3 Å². The van der Waals surface area contributed by atoms with Crippen LogP contribution in [-0.4, -0.2) is 17.4 Å². The van der Waals surface area contributed by atoms with Crippen molar-refractivity contribution < 1.29 is 9.84 Å². The molecular weight excluding hydrogens is 178 g/mol. The number of aliphatic hydroxyl groups is 1. The standard InChI is InChI=1S/C11H13NO2/c1-7-6-11(13)8-4-2-3-5-9(8)12-10(11)14-7/h2-5,7,10,12-13H,6H2,1H3. The van der Waals surface area contributed by atoms with Gasteiger partial charge in [0, 0.05) is 17.7 Å². The highest BCUT2D eigenvalue weighted by atomic mass is 16.5. The second-order valence-corrected chi connectivity index (χ2v) is 4.15. The Morgan fingerprint density at radius 2 is 2.29 bits per heavy atom. The number of para-hydroxylation sites is 1. The molecule has 2 N–H and O–H groups in total. The maximum Gasteiger partial charge on any atom is 0.161 e. The fourth-order valence-corrected chi connectivity index (χ4v) is 2.47. The molecule has 0 bridgehead atoms. The zero-order valence-electron chi connectivity index (χ0n) is 8.03. The Bertz CT molecular complexity index is 379. The van der Waals surface area contributed by atoms with Crippen LogP contribution in [0.3, 0.4) is 0 Å². The summed E-state index contributed by atoms with van der Waals surface area (Å²) in [6.45, 7) is 1.99. The summed E-state index contributed by atoms with van der Waals surface area (Å²) in [4.78, 5) is 0. The van der Waals surface area contributed by atoms with E-state index in [1.165, 1.54) is 0 Å². The molecule has 3 unspecified atom stereocenters. The van der Waals surface area contributed by atoms with Crippen molar-refractivity contribution in [3.05, 3.63) is 29.8 Å². The van der Waals surface area contributed by atoms with Gasteiger partial charge >= 0.3 is 0 Å². The first-order valence-electron chi connectivity index (χ1n) is 4.94. The third-order valence-corrected chi connectivity index (χ3v) is 3.08. The highest BCUT2D eigenvalue weighted by Gasteiger charge is 2.52. The highest BCUT2D eigenvalue weighted by molar-refractivity contribution is 5.60. The molecule has 3 nitrogen and oxygen atoms in total. The Hall–Kier alpha value is -1.06. The topological polar surface area (TPSA) is 41.5 Å². The minimum atomic E-state index is -0.823. The van der Waals surface area contributed by atoms with Crippen molar-refractivity contribution in [2.24, 2.45) is 0 Å². The molecule has 2 heterocycles. The van der Waals surface area contributed by atoms with E-state index in [1.807, 2.05) is 31.2 Å². The van der Waals surface area contributed by atoms with Gasteiger partial charge in [-0.3, -0.25) is 0 Å². The predicted molar refractivity (Wildman–Crippen MR) is 52.9 cm³/mol. The predicted octanol–water partition coefficient (Wildman–Crippen LogP) is 1.43. The smallest absolute Gasteiger partial charge is 0.161 e. The average molecular weight is 191 g/mol. The van der Waals surface area contributed by atoms with Crippen LogP contribution in [0.25, 0.3) is 0 Å². The molecule has 3 atom stereocenters. The monoisotopic (exact) mass is 191 g/mol. The van der Waals surface area contributed by atoms with Gasteiger partial charge in [-0.1, -0.05) is 18.2 Å². The van der Waals surface area contributed by atoms with Crippen LogP contribution in [-0.2, 0) is 10.3 Å². The van der Waals surface area contributed by atoms with Crippen LogP contribution >= 0.6 is 0 Å². The number of benzene rings is 1. The SMILES string of the molecule is CC1CC2(O)c3ccccc3NC2O1. The van der Waals surface area contributed by atoms with Gasteiger partial charge in [-0.15, -0.1) is 0 Å². The van der Waals surface area contributed by atoms with Crippen molar-refractivity contribution in [1.29, 1.82) is 0 Å². The summed E-state index contributed by atoms with van der Waals surface area (Å²) in [7, 11) is 0. The lowest BCUT2D eigenvalue weighted by atomic mass is 9.91. The van der Waals surface area contributed by atoms with E-state index in [9.17, 15) is 5.11 Å². The largest absolute Gasteiger partial charge is 0.380 e. The molecule has 3 heteroatoms. The summed E-state index contributed by atoms with van der Waals surface area (Å²) in [5.74, 6) is 0. The fourth-order valence-electron chi connectivity index (χ4n) is 2.47. The average Bonchev–Trinajstić information content (AvgIpc) is 2.55. The lowest BCUT2D eigenvalue weighted by Crippen LogP contribution is -2.33. The quantitative estimate of drug-likeness (QED) is 0.652. The molecule has 0 aliphatic carbocycles. The summed E-state index contributed by atoms with van der Waals surface area (Å²) >= 11 is 0. The molecule has 0 saturated carbocycles. The highest BCUT2D eigenvalue weighted by Crippen LogP contribution is 2.47. The maximum atomic E-state index is 10.5. The van der Waals surface area contributed by atoms with E-state index in [1.54, 1.807) is 0 Å². The molecule has 0 amide bonds. The summed E-state index contributed by atoms with van der Waals surface area (Å²) in [5.41, 5.74) is 1.14. The van der Waals surface area contributed by atoms with Gasteiger partial charge in [0.25, 0.3) is 0 Å². The van der Waals surface area contributed by atoms with Crippen molar-refractivity contribution >= 4 is 5.69 Å². The Balaban J connectivity index is 2.11. The molecular formula is C11H13NO2. The van der Waals surface area contributed by atoms with Crippen molar-refractivity contribution in [3.63, 3.8) is 0 Å². The first-order valence-corrected chi connectivity index (χ1v) is 4.94. The van der Waals surface area contributed by atoms with E-state index < -0.39 is 5.60 Å². The molecule has 14 heavy (non-hydrogen) atoms. The van der Waals surface area contributed by atoms with Crippen molar-refractivity contribution in [2.75, 3.05) is 5.32 Å². The summed E-state index contributed by atoms with van der Waals surface area (Å²) in [6.07, 6.45) is 0.516. The van der Waals surface area contributed by atoms with Gasteiger partial charge < -0.3 is 15.2 Å². The van der Waals surface area contributed by atoms with Gasteiger partial charge in [0.2, 0.25) is 0 Å². The minimum Gasteiger partial charge on any atom is -0.380 e. The van der Waals surface area contributed by atoms with Gasteiger partial charge in [-0.05, 0) is 13.0 Å². The third-order valence-electron chi connectivity index (χ3n) is 3.08. The Labute approximate surface area is 82.7 Å². The van der Waals surface area contributed by atoms with Gasteiger partial charge in [0.05, 0.1) is 6.10 Å². The van der Waals surface area contributed by atoms with E-state index >= 15 is 0 Å². The molecule has 1 aromatic rings. The van der Waals surface area contributed by atoms with E-state index in [2.05, 4.69) is 5.32 Å². The van der Waals surface area contributed by atoms with Crippen LogP contribution in [0.5, 0.6) is 0 Å². The molecule has 0 aromatic heterocycles. The molecule has 1 saturated heterocycles. The number of nitrogens with one attached hydrogen (secondary N) is 1. The van der Waals surface area contributed by atoms with Crippen LogP contribution < -0.4 is 5.32 Å². The van der Waals surface area contributed by atoms with Crippen LogP contribution in [0, 0.1) is 0 Å². The normalized spacial score (nSPS) is 39.0. The number of ether oxygens (including phenoxy) is 1. The number of rotatable bonds is 0. The van der Waals surface area contributed by atoms with Gasteiger partial charge in [-0.25, -0.2) is 0 Å². The van der Waals surface area contributed by atoms with Crippen LogP contribution in [0.2, 0.25) is 0 Å². The van der Waals surface area contributed by atoms with Crippen LogP contribution in [0.1, 0.15) is 18.9 Å². The van der Waals surface area contributed by atoms with Crippen molar-refractivity contribution in [3.8, 4) is 0 Å². The summed E-state index contributed by atoms with van der Waals surface area (Å²) in [6, 6.07) is 7.84. The fraction of sp³-hybridized carbons (Fsp3) is 0.455. The van der Waals surface area contributed by atoms with Crippen molar-refractivity contribution in [1.82, 2.24) is 0 Å². The second-order valence-electron chi connectivity index (χ2n) is 4.15. The number of fused-ring (bicyclic) bond motifs is 3. The molecule has 1 fully saturated rings. The Kier molecular flexibility index (Phi) is 1.47. The molecule has 0 radical (unpaired) electrons. The lowest BCUT2D eigenvalue weighted by molar-refractivity contribution is -0.0246. The van der Waals surface area contributed by atoms with E-state index in [4.69, 9.17) is 4.74 Å². The second kappa shape index (κ2) is 2.49. The van der Waals surface area contributed by atoms with E-state index in [0.29, 0.717) is 6.42 Å². The summed E-state index contributed by atoms with van der Waals surface area (Å²) < 4.78 is 5.61.